The van der Waals surface area contributed by atoms with E-state index in [2.05, 4.69) is 151 Å². The second kappa shape index (κ2) is 39.9. The number of nitrogens with one attached hydrogen (secondary N) is 4. The number of ether oxygens (including phenoxy) is 8. The Morgan fingerprint density at radius 3 is 1.02 bits per heavy atom. The van der Waals surface area contributed by atoms with Crippen molar-refractivity contribution in [3.63, 3.8) is 0 Å². The molecule has 0 unspecified atom stereocenters. The summed E-state index contributed by atoms with van der Waals surface area (Å²) in [5.41, 5.74) is 15.0. The molecule has 28 nitrogen and oxygen atoms in total. The van der Waals surface area contributed by atoms with E-state index in [0.29, 0.717) is 81.9 Å². The summed E-state index contributed by atoms with van der Waals surface area (Å²) in [7, 11) is 0. The van der Waals surface area contributed by atoms with Crippen LogP contribution in [0.4, 0.5) is 0 Å². The first-order valence-electron chi connectivity index (χ1n) is 39.5. The minimum absolute atomic E-state index is 0.391. The zero-order chi connectivity index (χ0) is 83.5. The van der Waals surface area contributed by atoms with Crippen molar-refractivity contribution >= 4 is 43.6 Å². The molecular weight excluding hydrogens is 1560 g/mol. The average Bonchev–Trinajstić information content (AvgIpc) is 1.65. The standard InChI is InChI=1S/4C24H19N5O2/c1-3-7-22-18(5-1)11-12-19(25-22)16-30-20-13-9-17(10-14-20)15-31-23-8-4-2-6-21(23)24-26-28-29-27-24;1-3-7-22-17(5-1)9-12-20(25-22)16-31-23-8-4-2-6-19(23)15-30-21-13-10-18(11-14-21)24-26-28-29-27-24;1-2-7-23-18(5-1)8-11-20(25-23)16-31-22-6-3-4-17(14-22)15-30-21-12-9-19(10-13-21)24-26-28-29-27-24;1-2-7-23-18(4-1)10-11-20(25-23)16-31-21-12-8-17(9-13-21)15-30-22-6-3-5-19(14-22)24-26-28-29-27-24/h4*1-14H,15-16H2,(H,26,27,28,29). The van der Waals surface area contributed by atoms with Gasteiger partial charge < -0.3 is 37.9 Å². The number of fused-ring (bicyclic) bond motifs is 4. The molecule has 0 bridgehead atoms. The Morgan fingerprint density at radius 2 is 0.548 bits per heavy atom. The van der Waals surface area contributed by atoms with E-state index in [4.69, 9.17) is 37.9 Å². The number of para-hydroxylation sites is 6. The van der Waals surface area contributed by atoms with Crippen molar-refractivity contribution in [1.29, 1.82) is 0 Å². The van der Waals surface area contributed by atoms with Crippen molar-refractivity contribution < 1.29 is 37.9 Å². The summed E-state index contributed by atoms with van der Waals surface area (Å²) in [4.78, 5) is 18.6. The molecule has 0 saturated carbocycles. The van der Waals surface area contributed by atoms with Crippen LogP contribution in [-0.4, -0.2) is 102 Å². The molecule has 0 amide bonds. The van der Waals surface area contributed by atoms with Gasteiger partial charge in [0.1, 0.15) is 98.9 Å². The van der Waals surface area contributed by atoms with E-state index in [0.717, 1.165) is 151 Å². The van der Waals surface area contributed by atoms with Crippen LogP contribution in [0, 0.1) is 0 Å². The highest BCUT2D eigenvalue weighted by molar-refractivity contribution is 5.81. The molecule has 8 aromatic heterocycles. The topological polar surface area (TPSA) is 343 Å². The van der Waals surface area contributed by atoms with Gasteiger partial charge in [0.25, 0.3) is 0 Å². The van der Waals surface area contributed by atoms with Crippen molar-refractivity contribution in [3.05, 3.63) is 385 Å². The van der Waals surface area contributed by atoms with Gasteiger partial charge in [0.2, 0.25) is 0 Å². The maximum absolute atomic E-state index is 6.06. The normalized spacial score (nSPS) is 10.8. The second-order valence-electron chi connectivity index (χ2n) is 27.9. The number of pyridine rings is 4. The third-order valence-corrected chi connectivity index (χ3v) is 19.4. The van der Waals surface area contributed by atoms with Crippen LogP contribution in [0.15, 0.2) is 340 Å². The van der Waals surface area contributed by atoms with Crippen molar-refractivity contribution in [2.75, 3.05) is 0 Å². The number of H-pyrrole nitrogens is 4. The maximum Gasteiger partial charge on any atom is 0.183 e. The average molecular weight is 1640 g/mol. The van der Waals surface area contributed by atoms with Crippen LogP contribution in [0.2, 0.25) is 0 Å². The van der Waals surface area contributed by atoms with Crippen LogP contribution in [0.3, 0.4) is 0 Å². The smallest absolute Gasteiger partial charge is 0.183 e. The summed E-state index contributed by atoms with van der Waals surface area (Å²) in [6.07, 6.45) is 0. The van der Waals surface area contributed by atoms with E-state index in [1.807, 2.05) is 291 Å². The molecule has 20 rings (SSSR count). The Hall–Kier alpha value is -17.0. The molecule has 20 aromatic rings. The number of hydrogen-bond donors (Lipinski definition) is 4. The van der Waals surface area contributed by atoms with Crippen LogP contribution < -0.4 is 37.9 Å². The van der Waals surface area contributed by atoms with Gasteiger partial charge in [0.15, 0.2) is 23.3 Å². The molecule has 608 valence electrons. The Kier molecular flexibility index (Phi) is 25.6. The highest BCUT2D eigenvalue weighted by Gasteiger charge is 2.14. The SMILES string of the molecule is c1cc(COc2ccc(-c3nnn[nH]3)cc2)cc(OCc2ccc3ccccc3n2)c1.c1cc(OCc2ccc(OCc3ccc4ccccc4n3)cc2)cc(-c2nnn[nH]2)c1.c1ccc(-c2nnn[nH]2)c(OCc2ccc(OCc3ccc4ccccc4n3)cc2)c1.c1ccc(OCc2ccc3ccccc3n2)c(COc2ccc(-c3nnn[nH]3)cc2)c1. The first-order chi connectivity index (χ1) is 61.4. The molecule has 0 aliphatic heterocycles. The molecule has 28 heteroatoms. The predicted molar refractivity (Wildman–Crippen MR) is 466 cm³/mol. The lowest BCUT2D eigenvalue weighted by Gasteiger charge is -2.13. The Balaban J connectivity index is 0.000000117. The molecule has 0 aliphatic carbocycles. The molecule has 4 N–H and O–H groups in total. The highest BCUT2D eigenvalue weighted by Crippen LogP contribution is 2.31. The molecule has 0 fully saturated rings. The van der Waals surface area contributed by atoms with E-state index >= 15 is 0 Å². The van der Waals surface area contributed by atoms with Crippen LogP contribution in [0.5, 0.6) is 46.0 Å². The number of rotatable bonds is 28. The van der Waals surface area contributed by atoms with E-state index in [-0.39, 0.29) is 0 Å². The summed E-state index contributed by atoms with van der Waals surface area (Å²) in [6.45, 7) is 3.34. The Labute approximate surface area is 709 Å². The number of benzene rings is 12. The van der Waals surface area contributed by atoms with Crippen LogP contribution in [0.25, 0.3) is 89.2 Å². The molecule has 124 heavy (non-hydrogen) atoms. The van der Waals surface area contributed by atoms with Gasteiger partial charge in [0.05, 0.1) is 50.4 Å². The number of tetrazole rings is 4. The van der Waals surface area contributed by atoms with E-state index < -0.39 is 0 Å². The van der Waals surface area contributed by atoms with E-state index in [9.17, 15) is 0 Å². The summed E-state index contributed by atoms with van der Waals surface area (Å²) < 4.78 is 47.6. The Morgan fingerprint density at radius 1 is 0.210 bits per heavy atom. The van der Waals surface area contributed by atoms with Crippen LogP contribution in [0.1, 0.15) is 45.0 Å². The number of nitrogens with zero attached hydrogens (tertiary/aromatic N) is 16. The van der Waals surface area contributed by atoms with Crippen molar-refractivity contribution in [1.82, 2.24) is 102 Å². The molecule has 0 spiro atoms. The number of hydrogen-bond acceptors (Lipinski definition) is 24. The largest absolute Gasteiger partial charge is 0.489 e. The van der Waals surface area contributed by atoms with Gasteiger partial charge in [-0.25, -0.2) is 40.3 Å². The molecular formula is C96H76N20O8. The van der Waals surface area contributed by atoms with Gasteiger partial charge in [-0.05, 0) is 222 Å². The van der Waals surface area contributed by atoms with Gasteiger partial charge in [-0.1, -0.05) is 176 Å². The first-order valence-corrected chi connectivity index (χ1v) is 39.5. The minimum Gasteiger partial charge on any atom is -0.489 e. The van der Waals surface area contributed by atoms with Gasteiger partial charge in [-0.2, -0.15) is 0 Å². The third kappa shape index (κ3) is 21.6. The second-order valence-corrected chi connectivity index (χ2v) is 27.9. The minimum atomic E-state index is 0.391. The monoisotopic (exact) mass is 1640 g/mol. The maximum atomic E-state index is 6.06. The lowest BCUT2D eigenvalue weighted by atomic mass is 10.2. The molecule has 8 heterocycles. The summed E-state index contributed by atoms with van der Waals surface area (Å²) in [5.74, 6) is 8.53. The summed E-state index contributed by atoms with van der Waals surface area (Å²) >= 11 is 0. The van der Waals surface area contributed by atoms with Crippen molar-refractivity contribution in [2.24, 2.45) is 0 Å². The number of aromatic nitrogens is 20. The quantitative estimate of drug-likeness (QED) is 0.0354. The van der Waals surface area contributed by atoms with Gasteiger partial charge in [0, 0.05) is 43.8 Å². The highest BCUT2D eigenvalue weighted by atomic mass is 16.5. The van der Waals surface area contributed by atoms with Gasteiger partial charge >= 0.3 is 0 Å². The molecule has 0 saturated heterocycles. The van der Waals surface area contributed by atoms with Crippen LogP contribution >= 0.6 is 0 Å². The van der Waals surface area contributed by atoms with Gasteiger partial charge in [-0.15, -0.1) is 20.4 Å². The Bertz CT molecular complexity index is 6780. The van der Waals surface area contributed by atoms with Crippen molar-refractivity contribution in [3.8, 4) is 91.5 Å². The van der Waals surface area contributed by atoms with Crippen molar-refractivity contribution in [2.45, 2.75) is 52.9 Å². The van der Waals surface area contributed by atoms with Crippen LogP contribution in [-0.2, 0) is 52.9 Å². The predicted octanol–water partition coefficient (Wildman–Crippen LogP) is 18.3. The molecule has 0 atom stereocenters. The fraction of sp³-hybridized carbons (Fsp3) is 0.0833. The van der Waals surface area contributed by atoms with Gasteiger partial charge in [-0.3, -0.25) is 0 Å². The fourth-order valence-corrected chi connectivity index (χ4v) is 12.9. The third-order valence-electron chi connectivity index (χ3n) is 19.4. The lowest BCUT2D eigenvalue weighted by molar-refractivity contribution is 0.271. The zero-order valence-corrected chi connectivity index (χ0v) is 66.4. The zero-order valence-electron chi connectivity index (χ0n) is 66.4. The number of aromatic amines is 4. The molecule has 12 aromatic carbocycles. The molecule has 0 aliphatic rings. The van der Waals surface area contributed by atoms with E-state index in [1.165, 1.54) is 0 Å². The summed E-state index contributed by atoms with van der Waals surface area (Å²) in [6, 6.07) is 110. The molecule has 0 radical (unpaired) electrons. The fourth-order valence-electron chi connectivity index (χ4n) is 12.9. The van der Waals surface area contributed by atoms with E-state index in [1.54, 1.807) is 0 Å². The lowest BCUT2D eigenvalue weighted by Crippen LogP contribution is -2.03. The summed E-state index contributed by atoms with van der Waals surface area (Å²) in [5, 5.41) is 60.0. The first kappa shape index (κ1) is 79.4.